The van der Waals surface area contributed by atoms with E-state index in [0.29, 0.717) is 25.9 Å². The maximum Gasteiger partial charge on any atom is 0.329 e. The molecule has 0 aromatic carbocycles. The predicted octanol–water partition coefficient (Wildman–Crippen LogP) is 2.23. The maximum atomic E-state index is 12.1. The fourth-order valence-corrected chi connectivity index (χ4v) is 2.49. The summed E-state index contributed by atoms with van der Waals surface area (Å²) in [6.07, 6.45) is 5.89. The molecule has 21 heavy (non-hydrogen) atoms. The van der Waals surface area contributed by atoms with Crippen molar-refractivity contribution < 1.29 is 19.4 Å². The van der Waals surface area contributed by atoms with Gasteiger partial charge in [0.1, 0.15) is 6.61 Å². The van der Waals surface area contributed by atoms with Crippen LogP contribution in [0.2, 0.25) is 0 Å². The first-order valence-corrected chi connectivity index (χ1v) is 7.91. The van der Waals surface area contributed by atoms with Crippen LogP contribution in [-0.4, -0.2) is 53.8 Å². The third kappa shape index (κ3) is 7.32. The molecular weight excluding hydrogens is 272 g/mol. The second-order valence-corrected chi connectivity index (χ2v) is 5.74. The molecule has 1 fully saturated rings. The highest BCUT2D eigenvalue weighted by molar-refractivity contribution is 5.74. The molecule has 122 valence electrons. The van der Waals surface area contributed by atoms with Crippen molar-refractivity contribution in [2.45, 2.75) is 64.5 Å². The molecule has 0 aromatic rings. The standard InChI is InChI=1S/C15H28N2O4/c1-3-4-5-6-12(2)16-15(20)17-9-7-13(8-10-17)21-11-14(18)19/h12-13H,3-11H2,1-2H3,(H,16,20)(H,18,19). The molecule has 1 atom stereocenters. The number of amides is 2. The SMILES string of the molecule is CCCCCC(C)NC(=O)N1CCC(OCC(=O)O)CC1. The number of aliphatic carboxylic acids is 1. The average molecular weight is 300 g/mol. The van der Waals surface area contributed by atoms with Crippen LogP contribution < -0.4 is 5.32 Å². The molecular formula is C15H28N2O4. The number of nitrogens with zero attached hydrogens (tertiary/aromatic N) is 1. The van der Waals surface area contributed by atoms with Crippen LogP contribution in [0, 0.1) is 0 Å². The van der Waals surface area contributed by atoms with Gasteiger partial charge in [0.2, 0.25) is 0 Å². The lowest BCUT2D eigenvalue weighted by Gasteiger charge is -2.32. The van der Waals surface area contributed by atoms with Crippen molar-refractivity contribution in [1.82, 2.24) is 10.2 Å². The molecule has 0 spiro atoms. The number of ether oxygens (including phenoxy) is 1. The highest BCUT2D eigenvalue weighted by Gasteiger charge is 2.24. The van der Waals surface area contributed by atoms with Crippen molar-refractivity contribution in [3.05, 3.63) is 0 Å². The zero-order chi connectivity index (χ0) is 15.7. The second-order valence-electron chi connectivity index (χ2n) is 5.74. The summed E-state index contributed by atoms with van der Waals surface area (Å²) in [5.74, 6) is -0.948. The molecule has 6 heteroatoms. The normalized spacial score (nSPS) is 17.5. The number of nitrogens with one attached hydrogen (secondary N) is 1. The Kier molecular flexibility index (Phi) is 8.12. The Morgan fingerprint density at radius 2 is 2.00 bits per heavy atom. The number of hydrogen-bond acceptors (Lipinski definition) is 3. The van der Waals surface area contributed by atoms with Gasteiger partial charge in [0, 0.05) is 19.1 Å². The van der Waals surface area contributed by atoms with Crippen molar-refractivity contribution in [2.75, 3.05) is 19.7 Å². The van der Waals surface area contributed by atoms with Gasteiger partial charge in [-0.15, -0.1) is 0 Å². The molecule has 6 nitrogen and oxygen atoms in total. The third-order valence-electron chi connectivity index (χ3n) is 3.78. The zero-order valence-corrected chi connectivity index (χ0v) is 13.1. The van der Waals surface area contributed by atoms with Crippen LogP contribution in [0.3, 0.4) is 0 Å². The van der Waals surface area contributed by atoms with Crippen LogP contribution in [0.25, 0.3) is 0 Å². The molecule has 0 aliphatic carbocycles. The smallest absolute Gasteiger partial charge is 0.329 e. The molecule has 2 N–H and O–H groups in total. The Morgan fingerprint density at radius 3 is 2.57 bits per heavy atom. The Bertz CT molecular complexity index is 328. The molecule has 1 rings (SSSR count). The molecule has 2 amide bonds. The highest BCUT2D eigenvalue weighted by atomic mass is 16.5. The lowest BCUT2D eigenvalue weighted by atomic mass is 10.1. The van der Waals surface area contributed by atoms with Gasteiger partial charge < -0.3 is 20.1 Å². The lowest BCUT2D eigenvalue weighted by molar-refractivity contribution is -0.145. The first-order valence-electron chi connectivity index (χ1n) is 7.91. The van der Waals surface area contributed by atoms with E-state index in [4.69, 9.17) is 9.84 Å². The first-order chi connectivity index (χ1) is 10.0. The fourth-order valence-electron chi connectivity index (χ4n) is 2.49. The number of carboxylic acids is 1. The number of hydrogen-bond donors (Lipinski definition) is 2. The largest absolute Gasteiger partial charge is 0.480 e. The van der Waals surface area contributed by atoms with Crippen LogP contribution in [0.4, 0.5) is 4.79 Å². The zero-order valence-electron chi connectivity index (χ0n) is 13.1. The van der Waals surface area contributed by atoms with E-state index in [1.54, 1.807) is 4.90 Å². The summed E-state index contributed by atoms with van der Waals surface area (Å²) in [6, 6.07) is 0.181. The highest BCUT2D eigenvalue weighted by Crippen LogP contribution is 2.14. The molecule has 1 heterocycles. The van der Waals surface area contributed by atoms with Gasteiger partial charge in [-0.05, 0) is 26.2 Å². The summed E-state index contributed by atoms with van der Waals surface area (Å²) in [4.78, 5) is 24.3. The van der Waals surface area contributed by atoms with Crippen molar-refractivity contribution in [1.29, 1.82) is 0 Å². The lowest BCUT2D eigenvalue weighted by Crippen LogP contribution is -2.48. The van der Waals surface area contributed by atoms with E-state index in [1.807, 2.05) is 6.92 Å². The third-order valence-corrected chi connectivity index (χ3v) is 3.78. The van der Waals surface area contributed by atoms with Crippen LogP contribution in [0.1, 0.15) is 52.4 Å². The van der Waals surface area contributed by atoms with Crippen LogP contribution in [0.15, 0.2) is 0 Å². The van der Waals surface area contributed by atoms with E-state index in [-0.39, 0.29) is 24.8 Å². The van der Waals surface area contributed by atoms with Crippen molar-refractivity contribution in [3.8, 4) is 0 Å². The van der Waals surface area contributed by atoms with Crippen LogP contribution >= 0.6 is 0 Å². The van der Waals surface area contributed by atoms with Gasteiger partial charge >= 0.3 is 12.0 Å². The Labute approximate surface area is 126 Å². The number of piperidine rings is 1. The summed E-state index contributed by atoms with van der Waals surface area (Å²) < 4.78 is 5.26. The number of urea groups is 1. The van der Waals surface area contributed by atoms with Crippen molar-refractivity contribution >= 4 is 12.0 Å². The molecule has 0 radical (unpaired) electrons. The second kappa shape index (κ2) is 9.60. The van der Waals surface area contributed by atoms with Gasteiger partial charge in [0.15, 0.2) is 0 Å². The Hall–Kier alpha value is -1.30. The molecule has 1 aliphatic rings. The van der Waals surface area contributed by atoms with Crippen molar-refractivity contribution in [3.63, 3.8) is 0 Å². The van der Waals surface area contributed by atoms with E-state index in [1.165, 1.54) is 12.8 Å². The summed E-state index contributed by atoms with van der Waals surface area (Å²) in [5, 5.41) is 11.6. The number of unbranched alkanes of at least 4 members (excludes halogenated alkanes) is 2. The van der Waals surface area contributed by atoms with Gasteiger partial charge in [-0.1, -0.05) is 26.2 Å². The fraction of sp³-hybridized carbons (Fsp3) is 0.867. The van der Waals surface area contributed by atoms with Gasteiger partial charge in [-0.3, -0.25) is 0 Å². The number of likely N-dealkylation sites (tertiary alicyclic amines) is 1. The number of rotatable bonds is 8. The molecule has 1 saturated heterocycles. The summed E-state index contributed by atoms with van der Waals surface area (Å²) >= 11 is 0. The van der Waals surface area contributed by atoms with E-state index in [2.05, 4.69) is 12.2 Å². The Morgan fingerprint density at radius 1 is 1.33 bits per heavy atom. The van der Waals surface area contributed by atoms with E-state index in [0.717, 1.165) is 12.8 Å². The van der Waals surface area contributed by atoms with Crippen molar-refractivity contribution in [2.24, 2.45) is 0 Å². The molecule has 0 aromatic heterocycles. The van der Waals surface area contributed by atoms with E-state index in [9.17, 15) is 9.59 Å². The van der Waals surface area contributed by atoms with Gasteiger partial charge in [-0.25, -0.2) is 9.59 Å². The maximum absolute atomic E-state index is 12.1. The van der Waals surface area contributed by atoms with Gasteiger partial charge in [0.25, 0.3) is 0 Å². The molecule has 1 unspecified atom stereocenters. The quantitative estimate of drug-likeness (QED) is 0.674. The summed E-state index contributed by atoms with van der Waals surface area (Å²) in [7, 11) is 0. The van der Waals surface area contributed by atoms with E-state index >= 15 is 0 Å². The topological polar surface area (TPSA) is 78.9 Å². The van der Waals surface area contributed by atoms with E-state index < -0.39 is 5.97 Å². The molecule has 0 saturated carbocycles. The summed E-state index contributed by atoms with van der Waals surface area (Å²) in [6.45, 7) is 5.19. The van der Waals surface area contributed by atoms with Gasteiger partial charge in [0.05, 0.1) is 6.10 Å². The average Bonchev–Trinajstić information content (AvgIpc) is 2.45. The molecule has 0 bridgehead atoms. The molecule has 1 aliphatic heterocycles. The van der Waals surface area contributed by atoms with Gasteiger partial charge in [-0.2, -0.15) is 0 Å². The first kappa shape index (κ1) is 17.8. The summed E-state index contributed by atoms with van der Waals surface area (Å²) in [5.41, 5.74) is 0. The number of carboxylic acid groups (broad SMARTS) is 1. The predicted molar refractivity (Wildman–Crippen MR) is 80.3 cm³/mol. The van der Waals surface area contributed by atoms with Crippen LogP contribution in [-0.2, 0) is 9.53 Å². The monoisotopic (exact) mass is 300 g/mol. The number of carbonyl (C=O) groups excluding carboxylic acids is 1. The van der Waals surface area contributed by atoms with Crippen LogP contribution in [0.5, 0.6) is 0 Å². The minimum absolute atomic E-state index is 0.0179. The minimum Gasteiger partial charge on any atom is -0.480 e. The Balaban J connectivity index is 2.20. The number of carbonyl (C=O) groups is 2. The minimum atomic E-state index is -0.948.